The summed E-state index contributed by atoms with van der Waals surface area (Å²) in [7, 11) is 0. The van der Waals surface area contributed by atoms with E-state index in [1.807, 2.05) is 6.07 Å². The van der Waals surface area contributed by atoms with Crippen molar-refractivity contribution in [3.63, 3.8) is 0 Å². The molecule has 0 atom stereocenters. The summed E-state index contributed by atoms with van der Waals surface area (Å²) < 4.78 is 3.69. The van der Waals surface area contributed by atoms with Crippen molar-refractivity contribution < 1.29 is 4.92 Å². The highest BCUT2D eigenvalue weighted by atomic mass is 32.1. The molecule has 2 aromatic rings. The minimum atomic E-state index is -0.482. The Kier molecular flexibility index (Phi) is 3.41. The minimum absolute atomic E-state index is 0.00800. The zero-order valence-electron chi connectivity index (χ0n) is 8.98. The molecule has 0 aliphatic carbocycles. The van der Waals surface area contributed by atoms with Gasteiger partial charge in [0, 0.05) is 17.5 Å². The number of hydrogen-bond donors (Lipinski definition) is 0. The van der Waals surface area contributed by atoms with Crippen LogP contribution in [0.25, 0.3) is 11.6 Å². The molecule has 2 rings (SSSR count). The first-order valence-electron chi connectivity index (χ1n) is 4.84. The summed E-state index contributed by atoms with van der Waals surface area (Å²) in [5, 5.41) is 25.1. The quantitative estimate of drug-likeness (QED) is 0.479. The lowest BCUT2D eigenvalue weighted by Crippen LogP contribution is -1.88. The van der Waals surface area contributed by atoms with Gasteiger partial charge >= 0.3 is 0 Å². The second-order valence-electron chi connectivity index (χ2n) is 3.30. The summed E-state index contributed by atoms with van der Waals surface area (Å²) in [4.78, 5) is 10.0. The maximum absolute atomic E-state index is 10.5. The van der Waals surface area contributed by atoms with Crippen molar-refractivity contribution in [3.05, 3.63) is 51.0 Å². The predicted molar refractivity (Wildman–Crippen MR) is 66.5 cm³/mol. The molecule has 0 bridgehead atoms. The Bertz CT molecular complexity index is 626. The molecular formula is C11H6N4O2S. The number of hydrogen-bond acceptors (Lipinski definition) is 6. The van der Waals surface area contributed by atoms with Gasteiger partial charge < -0.3 is 0 Å². The molecule has 88 valence electrons. The molecule has 1 aromatic heterocycles. The van der Waals surface area contributed by atoms with Crippen molar-refractivity contribution in [1.29, 1.82) is 5.26 Å². The number of nitro benzene ring substituents is 1. The molecule has 0 spiro atoms. The number of non-ortho nitro benzene ring substituents is 1. The molecule has 0 aliphatic heterocycles. The van der Waals surface area contributed by atoms with Crippen molar-refractivity contribution >= 4 is 28.9 Å². The van der Waals surface area contributed by atoms with Crippen molar-refractivity contribution in [2.24, 2.45) is 0 Å². The Balaban J connectivity index is 2.35. The Hall–Kier alpha value is -2.59. The van der Waals surface area contributed by atoms with Crippen LogP contribution >= 0.6 is 11.5 Å². The second kappa shape index (κ2) is 5.16. The fourth-order valence-electron chi connectivity index (χ4n) is 1.33. The molecule has 1 aromatic carbocycles. The van der Waals surface area contributed by atoms with Crippen LogP contribution in [0.5, 0.6) is 0 Å². The lowest BCUT2D eigenvalue weighted by atomic mass is 10.1. The van der Waals surface area contributed by atoms with Gasteiger partial charge in [0.25, 0.3) is 5.69 Å². The minimum Gasteiger partial charge on any atom is -0.258 e. The average Bonchev–Trinajstić information content (AvgIpc) is 2.89. The third kappa shape index (κ3) is 2.56. The third-order valence-corrected chi connectivity index (χ3v) is 2.70. The molecule has 0 saturated carbocycles. The molecule has 0 unspecified atom stereocenters. The average molecular weight is 258 g/mol. The highest BCUT2D eigenvalue weighted by molar-refractivity contribution is 7.03. The summed E-state index contributed by atoms with van der Waals surface area (Å²) in [5.74, 6) is 0. The molecule has 0 aliphatic rings. The van der Waals surface area contributed by atoms with Crippen LogP contribution in [0, 0.1) is 21.4 Å². The van der Waals surface area contributed by atoms with Crippen molar-refractivity contribution in [2.75, 3.05) is 0 Å². The van der Waals surface area contributed by atoms with Crippen molar-refractivity contribution in [1.82, 2.24) is 9.59 Å². The summed E-state index contributed by atoms with van der Waals surface area (Å²) >= 11 is 1.19. The van der Waals surface area contributed by atoms with E-state index in [0.717, 1.165) is 0 Å². The van der Waals surface area contributed by atoms with Gasteiger partial charge in [0.05, 0.1) is 22.3 Å². The van der Waals surface area contributed by atoms with Gasteiger partial charge in [0.15, 0.2) is 0 Å². The smallest absolute Gasteiger partial charge is 0.258 e. The maximum atomic E-state index is 10.5. The van der Waals surface area contributed by atoms with Gasteiger partial charge in [0.2, 0.25) is 0 Å². The first kappa shape index (κ1) is 11.9. The SMILES string of the molecule is N#C/C(=C/c1csnn1)c1ccc([N+](=O)[O-])cc1. The lowest BCUT2D eigenvalue weighted by Gasteiger charge is -1.97. The Morgan fingerprint density at radius 3 is 2.67 bits per heavy atom. The normalized spacial score (nSPS) is 10.9. The maximum Gasteiger partial charge on any atom is 0.269 e. The number of aromatic nitrogens is 2. The highest BCUT2D eigenvalue weighted by Gasteiger charge is 2.07. The van der Waals surface area contributed by atoms with E-state index in [2.05, 4.69) is 9.59 Å². The van der Waals surface area contributed by atoms with Crippen LogP contribution in [-0.2, 0) is 0 Å². The molecule has 0 amide bonds. The molecule has 0 radical (unpaired) electrons. The topological polar surface area (TPSA) is 92.7 Å². The molecule has 0 saturated heterocycles. The number of nitriles is 1. The first-order valence-corrected chi connectivity index (χ1v) is 5.68. The summed E-state index contributed by atoms with van der Waals surface area (Å²) in [6.07, 6.45) is 1.59. The molecule has 1 heterocycles. The second-order valence-corrected chi connectivity index (χ2v) is 3.91. The van der Waals surface area contributed by atoms with Crippen LogP contribution in [0.15, 0.2) is 29.6 Å². The van der Waals surface area contributed by atoms with Gasteiger partial charge in [-0.25, -0.2) is 0 Å². The van der Waals surface area contributed by atoms with Gasteiger partial charge in [0.1, 0.15) is 0 Å². The van der Waals surface area contributed by atoms with Crippen LogP contribution < -0.4 is 0 Å². The number of nitro groups is 1. The zero-order chi connectivity index (χ0) is 13.0. The molecule has 0 N–H and O–H groups in total. The standard InChI is InChI=1S/C11H6N4O2S/c12-6-9(5-10-7-18-14-13-10)8-1-3-11(4-2-8)15(16)17/h1-5,7H/b9-5-. The number of allylic oxidation sites excluding steroid dienone is 1. The summed E-state index contributed by atoms with van der Waals surface area (Å²) in [5.41, 5.74) is 1.58. The van der Waals surface area contributed by atoms with Gasteiger partial charge in [-0.2, -0.15) is 5.26 Å². The molecule has 0 fully saturated rings. The molecular weight excluding hydrogens is 252 g/mol. The Morgan fingerprint density at radius 2 is 2.17 bits per heavy atom. The number of benzene rings is 1. The highest BCUT2D eigenvalue weighted by Crippen LogP contribution is 2.20. The van der Waals surface area contributed by atoms with Crippen molar-refractivity contribution in [3.8, 4) is 6.07 Å². The van der Waals surface area contributed by atoms with Crippen LogP contribution in [-0.4, -0.2) is 14.5 Å². The fourth-order valence-corrected chi connectivity index (χ4v) is 1.74. The van der Waals surface area contributed by atoms with E-state index < -0.39 is 4.92 Å². The number of nitrogens with zero attached hydrogens (tertiary/aromatic N) is 4. The van der Waals surface area contributed by atoms with E-state index in [1.54, 1.807) is 11.5 Å². The van der Waals surface area contributed by atoms with Crippen LogP contribution in [0.1, 0.15) is 11.3 Å². The third-order valence-electron chi connectivity index (χ3n) is 2.18. The van der Waals surface area contributed by atoms with Crippen LogP contribution in [0.4, 0.5) is 5.69 Å². The monoisotopic (exact) mass is 258 g/mol. The Morgan fingerprint density at radius 1 is 1.44 bits per heavy atom. The lowest BCUT2D eigenvalue weighted by molar-refractivity contribution is -0.384. The van der Waals surface area contributed by atoms with E-state index >= 15 is 0 Å². The van der Waals surface area contributed by atoms with Gasteiger partial charge in [-0.15, -0.1) is 5.10 Å². The van der Waals surface area contributed by atoms with E-state index in [4.69, 9.17) is 5.26 Å². The zero-order valence-corrected chi connectivity index (χ0v) is 9.79. The summed E-state index contributed by atoms with van der Waals surface area (Å²) in [6.45, 7) is 0. The fraction of sp³-hybridized carbons (Fsp3) is 0. The summed E-state index contributed by atoms with van der Waals surface area (Å²) in [6, 6.07) is 7.82. The predicted octanol–water partition coefficient (Wildman–Crippen LogP) is 2.51. The first-order chi connectivity index (χ1) is 8.70. The van der Waals surface area contributed by atoms with E-state index in [-0.39, 0.29) is 5.69 Å². The molecule has 6 nitrogen and oxygen atoms in total. The van der Waals surface area contributed by atoms with Gasteiger partial charge in [-0.3, -0.25) is 10.1 Å². The molecule has 18 heavy (non-hydrogen) atoms. The Labute approximate surface area is 106 Å². The van der Waals surface area contributed by atoms with Gasteiger partial charge in [-0.05, 0) is 35.3 Å². The van der Waals surface area contributed by atoms with E-state index in [1.165, 1.54) is 35.8 Å². The van der Waals surface area contributed by atoms with Crippen molar-refractivity contribution in [2.45, 2.75) is 0 Å². The van der Waals surface area contributed by atoms with E-state index in [9.17, 15) is 10.1 Å². The molecule has 7 heteroatoms. The van der Waals surface area contributed by atoms with Crippen LogP contribution in [0.2, 0.25) is 0 Å². The largest absolute Gasteiger partial charge is 0.269 e. The number of rotatable bonds is 3. The van der Waals surface area contributed by atoms with E-state index in [0.29, 0.717) is 16.8 Å². The van der Waals surface area contributed by atoms with Crippen LogP contribution in [0.3, 0.4) is 0 Å². The van der Waals surface area contributed by atoms with Gasteiger partial charge in [-0.1, -0.05) is 4.49 Å².